The Morgan fingerprint density at radius 3 is 2.65 bits per heavy atom. The number of hydrogen-bond acceptors (Lipinski definition) is 3. The Morgan fingerprint density at radius 2 is 2.00 bits per heavy atom. The average Bonchev–Trinajstić information content (AvgIpc) is 2.85. The molecule has 0 aliphatic carbocycles. The second-order valence-corrected chi connectivity index (χ2v) is 5.35. The topological polar surface area (TPSA) is 68.2 Å². The van der Waals surface area contributed by atoms with Crippen LogP contribution in [0, 0.1) is 13.8 Å². The molecule has 2 rings (SSSR count). The Morgan fingerprint density at radius 1 is 1.26 bits per heavy atom. The number of carbonyl (C=O) groups excluding carboxylic acids is 1. The maximum Gasteiger partial charge on any atom is 0.315 e. The van der Waals surface area contributed by atoms with Crippen molar-refractivity contribution >= 4 is 6.03 Å². The Labute approximate surface area is 136 Å². The zero-order valence-corrected chi connectivity index (χ0v) is 14.1. The first kappa shape index (κ1) is 16.9. The second-order valence-electron chi connectivity index (χ2n) is 5.35. The van der Waals surface area contributed by atoms with Crippen molar-refractivity contribution in [2.75, 3.05) is 7.11 Å². The normalized spacial score (nSPS) is 10.4. The zero-order chi connectivity index (χ0) is 16.8. The van der Waals surface area contributed by atoms with Gasteiger partial charge in [-0.2, -0.15) is 5.10 Å². The van der Waals surface area contributed by atoms with Crippen molar-refractivity contribution in [3.8, 4) is 5.75 Å². The number of nitrogens with zero attached hydrogens (tertiary/aromatic N) is 2. The number of hydrogen-bond donors (Lipinski definition) is 2. The zero-order valence-electron chi connectivity index (χ0n) is 14.1. The van der Waals surface area contributed by atoms with E-state index in [9.17, 15) is 4.79 Å². The van der Waals surface area contributed by atoms with Gasteiger partial charge in [0.25, 0.3) is 0 Å². The van der Waals surface area contributed by atoms with Crippen LogP contribution >= 0.6 is 0 Å². The summed E-state index contributed by atoms with van der Waals surface area (Å²) in [6, 6.07) is 7.43. The van der Waals surface area contributed by atoms with Crippen LogP contribution in [-0.2, 0) is 19.6 Å². The highest BCUT2D eigenvalue weighted by Crippen LogP contribution is 2.13. The molecule has 0 bridgehead atoms. The molecular formula is C17H24N4O2. The van der Waals surface area contributed by atoms with Gasteiger partial charge in [0.05, 0.1) is 12.8 Å². The van der Waals surface area contributed by atoms with Crippen LogP contribution in [-0.4, -0.2) is 22.9 Å². The molecule has 0 unspecified atom stereocenters. The second kappa shape index (κ2) is 7.67. The molecule has 2 aromatic rings. The Balaban J connectivity index is 1.87. The lowest BCUT2D eigenvalue weighted by atomic mass is 10.2. The number of amides is 2. The number of urea groups is 1. The van der Waals surface area contributed by atoms with Gasteiger partial charge in [0.1, 0.15) is 5.75 Å². The predicted molar refractivity (Wildman–Crippen MR) is 89.4 cm³/mol. The monoisotopic (exact) mass is 316 g/mol. The lowest BCUT2D eigenvalue weighted by Gasteiger charge is -2.09. The van der Waals surface area contributed by atoms with Gasteiger partial charge in [0, 0.05) is 30.9 Å². The van der Waals surface area contributed by atoms with E-state index in [1.54, 1.807) is 7.11 Å². The van der Waals surface area contributed by atoms with Crippen LogP contribution in [0.25, 0.3) is 0 Å². The van der Waals surface area contributed by atoms with Crippen LogP contribution in [0.2, 0.25) is 0 Å². The summed E-state index contributed by atoms with van der Waals surface area (Å²) >= 11 is 0. The molecule has 0 atom stereocenters. The summed E-state index contributed by atoms with van der Waals surface area (Å²) in [6.07, 6.45) is 0. The van der Waals surface area contributed by atoms with Gasteiger partial charge in [-0.3, -0.25) is 4.68 Å². The van der Waals surface area contributed by atoms with Gasteiger partial charge in [-0.15, -0.1) is 0 Å². The molecule has 23 heavy (non-hydrogen) atoms. The molecule has 2 amide bonds. The Hall–Kier alpha value is -2.50. The number of aryl methyl sites for hydroxylation is 2. The largest absolute Gasteiger partial charge is 0.497 e. The third-order valence-corrected chi connectivity index (χ3v) is 3.84. The third-order valence-electron chi connectivity index (χ3n) is 3.84. The summed E-state index contributed by atoms with van der Waals surface area (Å²) in [7, 11) is 1.63. The summed E-state index contributed by atoms with van der Waals surface area (Å²) in [5.74, 6) is 0.780. The van der Waals surface area contributed by atoms with Gasteiger partial charge >= 0.3 is 6.03 Å². The lowest BCUT2D eigenvalue weighted by molar-refractivity contribution is 0.240. The van der Waals surface area contributed by atoms with Crippen molar-refractivity contribution in [3.63, 3.8) is 0 Å². The minimum atomic E-state index is -0.198. The molecule has 1 aromatic carbocycles. The quantitative estimate of drug-likeness (QED) is 0.860. The minimum absolute atomic E-state index is 0.198. The molecule has 2 N–H and O–H groups in total. The van der Waals surface area contributed by atoms with Crippen LogP contribution in [0.4, 0.5) is 4.79 Å². The molecule has 6 nitrogen and oxygen atoms in total. The molecule has 0 aliphatic heterocycles. The summed E-state index contributed by atoms with van der Waals surface area (Å²) in [5, 5.41) is 10.2. The Kier molecular flexibility index (Phi) is 5.62. The fourth-order valence-corrected chi connectivity index (χ4v) is 2.49. The molecule has 0 radical (unpaired) electrons. The van der Waals surface area contributed by atoms with E-state index in [-0.39, 0.29) is 6.03 Å². The average molecular weight is 316 g/mol. The highest BCUT2D eigenvalue weighted by Gasteiger charge is 2.11. The molecular weight excluding hydrogens is 292 g/mol. The van der Waals surface area contributed by atoms with E-state index >= 15 is 0 Å². The maximum atomic E-state index is 12.0. The molecule has 1 heterocycles. The smallest absolute Gasteiger partial charge is 0.315 e. The van der Waals surface area contributed by atoms with Crippen LogP contribution in [0.15, 0.2) is 24.3 Å². The fourth-order valence-electron chi connectivity index (χ4n) is 2.49. The molecule has 6 heteroatoms. The Bertz CT molecular complexity index is 679. The van der Waals surface area contributed by atoms with Gasteiger partial charge < -0.3 is 15.4 Å². The van der Waals surface area contributed by atoms with Crippen LogP contribution in [0.3, 0.4) is 0 Å². The van der Waals surface area contributed by atoms with E-state index in [0.717, 1.165) is 34.8 Å². The van der Waals surface area contributed by atoms with Gasteiger partial charge in [-0.25, -0.2) is 4.79 Å². The number of aromatic nitrogens is 2. The van der Waals surface area contributed by atoms with Crippen molar-refractivity contribution in [2.24, 2.45) is 0 Å². The van der Waals surface area contributed by atoms with E-state index in [0.29, 0.717) is 13.1 Å². The van der Waals surface area contributed by atoms with E-state index in [4.69, 9.17) is 4.74 Å². The summed E-state index contributed by atoms with van der Waals surface area (Å²) in [5.41, 5.74) is 4.12. The predicted octanol–water partition coefficient (Wildman–Crippen LogP) is 2.53. The van der Waals surface area contributed by atoms with Gasteiger partial charge in [0.15, 0.2) is 0 Å². The van der Waals surface area contributed by atoms with Crippen molar-refractivity contribution in [2.45, 2.75) is 40.4 Å². The van der Waals surface area contributed by atoms with E-state index < -0.39 is 0 Å². The number of benzene rings is 1. The molecule has 0 spiro atoms. The number of rotatable bonds is 6. The molecule has 1 aromatic heterocycles. The van der Waals surface area contributed by atoms with Crippen molar-refractivity contribution in [3.05, 3.63) is 46.8 Å². The number of methoxy groups -OCH3 is 1. The van der Waals surface area contributed by atoms with Crippen LogP contribution < -0.4 is 15.4 Å². The van der Waals surface area contributed by atoms with E-state index in [2.05, 4.69) is 22.7 Å². The van der Waals surface area contributed by atoms with Crippen molar-refractivity contribution in [1.82, 2.24) is 20.4 Å². The highest BCUT2D eigenvalue weighted by molar-refractivity contribution is 5.73. The molecule has 0 aliphatic rings. The van der Waals surface area contributed by atoms with Crippen molar-refractivity contribution < 1.29 is 9.53 Å². The van der Waals surface area contributed by atoms with Crippen LogP contribution in [0.5, 0.6) is 5.75 Å². The fraction of sp³-hybridized carbons (Fsp3) is 0.412. The molecule has 0 saturated heterocycles. The summed E-state index contributed by atoms with van der Waals surface area (Å²) < 4.78 is 7.11. The summed E-state index contributed by atoms with van der Waals surface area (Å²) in [6.45, 7) is 7.79. The van der Waals surface area contributed by atoms with Gasteiger partial charge in [0.2, 0.25) is 0 Å². The van der Waals surface area contributed by atoms with Crippen LogP contribution in [0.1, 0.15) is 29.4 Å². The van der Waals surface area contributed by atoms with E-state index in [1.165, 1.54) is 0 Å². The number of carbonyl (C=O) groups is 1. The number of ether oxygens (including phenoxy) is 1. The first-order chi connectivity index (χ1) is 11.0. The SMILES string of the molecule is CCn1nc(C)c(CNC(=O)NCc2cccc(OC)c2)c1C. The molecule has 124 valence electrons. The minimum Gasteiger partial charge on any atom is -0.497 e. The standard InChI is InChI=1S/C17H24N4O2/c1-5-21-13(3)16(12(2)20-21)11-19-17(22)18-10-14-7-6-8-15(9-14)23-4/h6-9H,5,10-11H2,1-4H3,(H2,18,19,22). The molecule has 0 fully saturated rings. The number of nitrogens with one attached hydrogen (secondary N) is 2. The van der Waals surface area contributed by atoms with Gasteiger partial charge in [-0.05, 0) is 38.5 Å². The van der Waals surface area contributed by atoms with Gasteiger partial charge in [-0.1, -0.05) is 12.1 Å². The van der Waals surface area contributed by atoms with E-state index in [1.807, 2.05) is 42.8 Å². The summed E-state index contributed by atoms with van der Waals surface area (Å²) in [4.78, 5) is 12.0. The van der Waals surface area contributed by atoms with Crippen molar-refractivity contribution in [1.29, 1.82) is 0 Å². The lowest BCUT2D eigenvalue weighted by Crippen LogP contribution is -2.34. The first-order valence-corrected chi connectivity index (χ1v) is 7.72. The maximum absolute atomic E-state index is 12.0. The highest BCUT2D eigenvalue weighted by atomic mass is 16.5. The molecule has 0 saturated carbocycles. The third kappa shape index (κ3) is 4.25. The first-order valence-electron chi connectivity index (χ1n) is 7.72.